The van der Waals surface area contributed by atoms with Crippen molar-refractivity contribution in [2.24, 2.45) is 0 Å². The Bertz CT molecular complexity index is 830. The van der Waals surface area contributed by atoms with Crippen molar-refractivity contribution in [3.8, 4) is 16.9 Å². The molecule has 0 atom stereocenters. The Morgan fingerprint density at radius 3 is 2.14 bits per heavy atom. The van der Waals surface area contributed by atoms with Crippen LogP contribution in [0.5, 0.6) is 5.75 Å². The van der Waals surface area contributed by atoms with Crippen LogP contribution in [0.3, 0.4) is 0 Å². The fourth-order valence-corrected chi connectivity index (χ4v) is 4.58. The minimum absolute atomic E-state index is 0.576. The maximum atomic E-state index is 6.00. The molecule has 0 N–H and O–H groups in total. The lowest BCUT2D eigenvalue weighted by Crippen LogP contribution is -1.99. The Balaban J connectivity index is 1.57. The van der Waals surface area contributed by atoms with Crippen molar-refractivity contribution >= 4 is 22.9 Å². The average Bonchev–Trinajstić information content (AvgIpc) is 3.22. The highest BCUT2D eigenvalue weighted by atomic mass is 35.5. The predicted molar refractivity (Wildman–Crippen MR) is 123 cm³/mol. The van der Waals surface area contributed by atoms with Gasteiger partial charge in [-0.25, -0.2) is 0 Å². The molecule has 28 heavy (non-hydrogen) atoms. The first-order valence-electron chi connectivity index (χ1n) is 10.2. The van der Waals surface area contributed by atoms with E-state index in [1.807, 2.05) is 0 Å². The molecular formula is C25H29ClOS. The summed E-state index contributed by atoms with van der Waals surface area (Å²) in [6.45, 7) is 5.12. The Morgan fingerprint density at radius 1 is 0.893 bits per heavy atom. The minimum Gasteiger partial charge on any atom is -0.489 e. The Kier molecular flexibility index (Phi) is 8.00. The zero-order valence-electron chi connectivity index (χ0n) is 16.8. The fraction of sp³-hybridized carbons (Fsp3) is 0.360. The summed E-state index contributed by atoms with van der Waals surface area (Å²) in [6, 6.07) is 19.4. The summed E-state index contributed by atoms with van der Waals surface area (Å²) in [5.41, 5.74) is 5.07. The van der Waals surface area contributed by atoms with Crippen molar-refractivity contribution in [1.82, 2.24) is 0 Å². The molecule has 2 aromatic carbocycles. The van der Waals surface area contributed by atoms with E-state index in [9.17, 15) is 0 Å². The third kappa shape index (κ3) is 5.62. The number of rotatable bonds is 10. The van der Waals surface area contributed by atoms with Gasteiger partial charge in [0.25, 0.3) is 0 Å². The van der Waals surface area contributed by atoms with Crippen LogP contribution < -0.4 is 4.74 Å². The van der Waals surface area contributed by atoms with E-state index < -0.39 is 0 Å². The maximum Gasteiger partial charge on any atom is 0.119 e. The molecule has 0 radical (unpaired) electrons. The highest BCUT2D eigenvalue weighted by Gasteiger charge is 2.09. The molecule has 0 saturated carbocycles. The third-order valence-electron chi connectivity index (χ3n) is 5.10. The largest absolute Gasteiger partial charge is 0.489 e. The van der Waals surface area contributed by atoms with Gasteiger partial charge in [0.2, 0.25) is 0 Å². The van der Waals surface area contributed by atoms with Gasteiger partial charge in [0.05, 0.1) is 5.88 Å². The molecule has 148 valence electrons. The SMILES string of the molecule is CCCC(CCC)c1ccc(OCc2ccc(-c3csc(CCl)c3)cc2)cc1. The van der Waals surface area contributed by atoms with Crippen LogP contribution in [0.15, 0.2) is 60.0 Å². The van der Waals surface area contributed by atoms with Crippen molar-refractivity contribution < 1.29 is 4.74 Å². The molecule has 0 fully saturated rings. The van der Waals surface area contributed by atoms with Crippen molar-refractivity contribution in [2.75, 3.05) is 0 Å². The quantitative estimate of drug-likeness (QED) is 0.303. The van der Waals surface area contributed by atoms with E-state index in [1.165, 1.54) is 52.8 Å². The van der Waals surface area contributed by atoms with Gasteiger partial charge < -0.3 is 4.74 Å². The fourth-order valence-electron chi connectivity index (χ4n) is 3.57. The van der Waals surface area contributed by atoms with Gasteiger partial charge in [0, 0.05) is 4.88 Å². The van der Waals surface area contributed by atoms with Crippen LogP contribution in [0.2, 0.25) is 0 Å². The standard InChI is InChI=1S/C25H29ClOS/c1-3-5-20(6-4-2)21-11-13-24(14-12-21)27-17-19-7-9-22(10-8-19)23-15-25(16-26)28-18-23/h7-15,18,20H,3-6,16-17H2,1-2H3. The van der Waals surface area contributed by atoms with Crippen LogP contribution in [-0.2, 0) is 12.5 Å². The second kappa shape index (κ2) is 10.7. The molecular weight excluding hydrogens is 384 g/mol. The maximum absolute atomic E-state index is 6.00. The van der Waals surface area contributed by atoms with Crippen molar-refractivity contribution in [2.45, 2.75) is 57.9 Å². The van der Waals surface area contributed by atoms with Gasteiger partial charge in [0.1, 0.15) is 12.4 Å². The van der Waals surface area contributed by atoms with E-state index in [2.05, 4.69) is 73.8 Å². The van der Waals surface area contributed by atoms with Gasteiger partial charge in [-0.1, -0.05) is 63.1 Å². The van der Waals surface area contributed by atoms with Gasteiger partial charge in [-0.15, -0.1) is 22.9 Å². The molecule has 0 bridgehead atoms. The van der Waals surface area contributed by atoms with Gasteiger partial charge >= 0.3 is 0 Å². The van der Waals surface area contributed by atoms with E-state index >= 15 is 0 Å². The summed E-state index contributed by atoms with van der Waals surface area (Å²) in [5.74, 6) is 2.18. The molecule has 1 aromatic heterocycles. The molecule has 0 spiro atoms. The summed E-state index contributed by atoms with van der Waals surface area (Å²) in [7, 11) is 0. The smallest absolute Gasteiger partial charge is 0.119 e. The number of halogens is 1. The molecule has 0 saturated heterocycles. The van der Waals surface area contributed by atoms with Crippen molar-refractivity contribution in [1.29, 1.82) is 0 Å². The number of alkyl halides is 1. The third-order valence-corrected chi connectivity index (χ3v) is 6.49. The van der Waals surface area contributed by atoms with E-state index in [1.54, 1.807) is 11.3 Å². The summed E-state index contributed by atoms with van der Waals surface area (Å²) in [5, 5.41) is 2.16. The normalized spacial score (nSPS) is 11.1. The zero-order valence-corrected chi connectivity index (χ0v) is 18.4. The van der Waals surface area contributed by atoms with Crippen LogP contribution in [0, 0.1) is 0 Å². The van der Waals surface area contributed by atoms with Crippen LogP contribution in [-0.4, -0.2) is 0 Å². The molecule has 0 amide bonds. The minimum atomic E-state index is 0.576. The Morgan fingerprint density at radius 2 is 1.57 bits per heavy atom. The lowest BCUT2D eigenvalue weighted by molar-refractivity contribution is 0.306. The second-order valence-electron chi connectivity index (χ2n) is 7.26. The molecule has 0 aliphatic heterocycles. The number of hydrogen-bond acceptors (Lipinski definition) is 2. The van der Waals surface area contributed by atoms with Crippen molar-refractivity contribution in [3.63, 3.8) is 0 Å². The lowest BCUT2D eigenvalue weighted by Gasteiger charge is -2.16. The highest BCUT2D eigenvalue weighted by Crippen LogP contribution is 2.29. The highest BCUT2D eigenvalue weighted by molar-refractivity contribution is 7.10. The first-order valence-corrected chi connectivity index (χ1v) is 11.6. The van der Waals surface area contributed by atoms with Gasteiger partial charge in [0.15, 0.2) is 0 Å². The monoisotopic (exact) mass is 412 g/mol. The molecule has 1 nitrogen and oxygen atoms in total. The predicted octanol–water partition coefficient (Wildman–Crippen LogP) is 8.42. The van der Waals surface area contributed by atoms with E-state index in [4.69, 9.17) is 16.3 Å². The van der Waals surface area contributed by atoms with Crippen LogP contribution in [0.25, 0.3) is 11.1 Å². The summed E-state index contributed by atoms with van der Waals surface area (Å²) >= 11 is 7.61. The Hall–Kier alpha value is -1.77. The van der Waals surface area contributed by atoms with E-state index in [0.29, 0.717) is 18.4 Å². The van der Waals surface area contributed by atoms with E-state index in [0.717, 1.165) is 5.75 Å². The van der Waals surface area contributed by atoms with Gasteiger partial charge in [-0.05, 0) is 64.6 Å². The number of ether oxygens (including phenoxy) is 1. The van der Waals surface area contributed by atoms with Crippen LogP contribution in [0.1, 0.15) is 61.5 Å². The average molecular weight is 413 g/mol. The molecule has 0 aliphatic rings. The topological polar surface area (TPSA) is 9.23 Å². The first-order chi connectivity index (χ1) is 13.7. The van der Waals surface area contributed by atoms with Crippen LogP contribution >= 0.6 is 22.9 Å². The van der Waals surface area contributed by atoms with Gasteiger partial charge in [-0.2, -0.15) is 0 Å². The molecule has 0 aliphatic carbocycles. The number of benzene rings is 2. The first kappa shape index (κ1) is 21.0. The molecule has 0 unspecified atom stereocenters. The summed E-state index contributed by atoms with van der Waals surface area (Å²) in [4.78, 5) is 1.20. The van der Waals surface area contributed by atoms with Crippen molar-refractivity contribution in [3.05, 3.63) is 76.0 Å². The number of thiophene rings is 1. The Labute approximate surface area is 178 Å². The second-order valence-corrected chi connectivity index (χ2v) is 8.53. The lowest BCUT2D eigenvalue weighted by atomic mass is 9.90. The zero-order chi connectivity index (χ0) is 19.8. The van der Waals surface area contributed by atoms with Gasteiger partial charge in [-0.3, -0.25) is 0 Å². The van der Waals surface area contributed by atoms with Crippen LogP contribution in [0.4, 0.5) is 0 Å². The summed E-state index contributed by atoms with van der Waals surface area (Å²) < 4.78 is 6.00. The van der Waals surface area contributed by atoms with E-state index in [-0.39, 0.29) is 0 Å². The molecule has 3 heteroatoms. The molecule has 3 aromatic rings. The number of hydrogen-bond donors (Lipinski definition) is 0. The summed E-state index contributed by atoms with van der Waals surface area (Å²) in [6.07, 6.45) is 4.99. The molecule has 1 heterocycles. The molecule has 3 rings (SSSR count).